The lowest BCUT2D eigenvalue weighted by atomic mass is 10.0. The molecule has 2 amide bonds. The Morgan fingerprint density at radius 3 is 2.54 bits per heavy atom. The number of amides is 2. The van der Waals surface area contributed by atoms with Crippen molar-refractivity contribution in [2.45, 2.75) is 76.5 Å². The number of aliphatic hydroxyl groups is 1. The smallest absolute Gasteiger partial charge is 0.388 e. The van der Waals surface area contributed by atoms with Crippen LogP contribution >= 0.6 is 12.2 Å². The minimum atomic E-state index is -4.64. The minimum absolute atomic E-state index is 0.0369. The van der Waals surface area contributed by atoms with E-state index in [-0.39, 0.29) is 35.4 Å². The summed E-state index contributed by atoms with van der Waals surface area (Å²) in [5.41, 5.74) is -1.26. The first-order chi connectivity index (χ1) is 18.2. The van der Waals surface area contributed by atoms with E-state index < -0.39 is 60.0 Å². The van der Waals surface area contributed by atoms with Gasteiger partial charge in [-0.25, -0.2) is 13.8 Å². The lowest BCUT2D eigenvalue weighted by Gasteiger charge is -2.26. The van der Waals surface area contributed by atoms with Crippen LogP contribution in [0.3, 0.4) is 0 Å². The van der Waals surface area contributed by atoms with Crippen LogP contribution in [0, 0.1) is 0 Å². The van der Waals surface area contributed by atoms with Crippen LogP contribution in [0.5, 0.6) is 0 Å². The number of likely N-dealkylation sites (tertiary alicyclic amines) is 1. The molecule has 2 fully saturated rings. The Bertz CT molecular complexity index is 1120. The average Bonchev–Trinajstić information content (AvgIpc) is 3.48. The lowest BCUT2D eigenvalue weighted by Crippen LogP contribution is -2.47. The summed E-state index contributed by atoms with van der Waals surface area (Å²) >= 11 is 5.44. The summed E-state index contributed by atoms with van der Waals surface area (Å²) in [6.45, 7) is 4.42. The molecular weight excluding hydrogens is 549 g/mol. The van der Waals surface area contributed by atoms with Crippen molar-refractivity contribution in [3.8, 4) is 0 Å². The van der Waals surface area contributed by atoms with Crippen LogP contribution < -0.4 is 10.6 Å². The molecule has 1 aromatic heterocycles. The number of aromatic nitrogens is 1. The summed E-state index contributed by atoms with van der Waals surface area (Å²) in [4.78, 5) is 35.4. The minimum Gasteiger partial charge on any atom is -0.388 e. The number of aliphatic imine (C=N–C) groups is 1. The highest BCUT2D eigenvalue weighted by Gasteiger charge is 2.38. The number of ether oxygens (including phenoxy) is 1. The molecule has 1 aromatic rings. The molecule has 1 unspecified atom stereocenters. The number of alkyl halides is 5. The van der Waals surface area contributed by atoms with Gasteiger partial charge in [0.15, 0.2) is 6.04 Å². The maximum absolute atomic E-state index is 14.1. The van der Waals surface area contributed by atoms with Gasteiger partial charge in [0.05, 0.1) is 35.9 Å². The number of hydrogen-bond donors (Lipinski definition) is 3. The van der Waals surface area contributed by atoms with Crippen molar-refractivity contribution in [3.63, 3.8) is 0 Å². The maximum Gasteiger partial charge on any atom is 0.408 e. The van der Waals surface area contributed by atoms with E-state index in [4.69, 9.17) is 17.0 Å². The Morgan fingerprint density at radius 2 is 2.00 bits per heavy atom. The number of thiocarbonyl (C=S) groups is 1. The van der Waals surface area contributed by atoms with Crippen LogP contribution in [0.25, 0.3) is 0 Å². The van der Waals surface area contributed by atoms with E-state index in [0.717, 1.165) is 19.2 Å². The van der Waals surface area contributed by atoms with E-state index in [1.807, 2.05) is 12.2 Å². The van der Waals surface area contributed by atoms with Crippen molar-refractivity contribution in [2.24, 2.45) is 4.99 Å². The van der Waals surface area contributed by atoms with Gasteiger partial charge in [0.2, 0.25) is 0 Å². The first-order valence-corrected chi connectivity index (χ1v) is 12.7. The van der Waals surface area contributed by atoms with Gasteiger partial charge in [-0.1, -0.05) is 12.2 Å². The highest BCUT2D eigenvalue weighted by atomic mass is 32.1. The van der Waals surface area contributed by atoms with Gasteiger partial charge in [-0.3, -0.25) is 14.6 Å². The molecule has 0 radical (unpaired) electrons. The van der Waals surface area contributed by atoms with Gasteiger partial charge in [0.1, 0.15) is 11.9 Å². The molecule has 2 aliphatic rings. The highest BCUT2D eigenvalue weighted by Crippen LogP contribution is 2.30. The van der Waals surface area contributed by atoms with E-state index in [1.54, 1.807) is 0 Å². The number of rotatable bonds is 9. The topological polar surface area (TPSA) is 116 Å². The predicted octanol–water partition coefficient (Wildman–Crippen LogP) is 2.82. The Hall–Kier alpha value is -2.78. The first-order valence-electron chi connectivity index (χ1n) is 12.3. The maximum atomic E-state index is 14.1. The number of pyridine rings is 1. The number of carbonyl (C=O) groups is 2. The van der Waals surface area contributed by atoms with Crippen molar-refractivity contribution in [2.75, 3.05) is 25.1 Å². The van der Waals surface area contributed by atoms with Crippen LogP contribution in [0.4, 0.5) is 27.8 Å². The van der Waals surface area contributed by atoms with Crippen molar-refractivity contribution < 1.29 is 41.4 Å². The Morgan fingerprint density at radius 1 is 1.31 bits per heavy atom. The van der Waals surface area contributed by atoms with Crippen molar-refractivity contribution in [1.82, 2.24) is 15.2 Å². The molecule has 39 heavy (non-hydrogen) atoms. The SMILES string of the molecule is C/C(=N\C(C(=O)N1CCC[C@@H]1C)C(=S)c1cnc(N[C@@H](C)C(F)(F)F)cc1C(F)F)C(=O)N[C@H]1COC[C@H]1O. The van der Waals surface area contributed by atoms with Gasteiger partial charge in [0, 0.05) is 29.9 Å². The van der Waals surface area contributed by atoms with Crippen LogP contribution in [0.2, 0.25) is 0 Å². The third-order valence-electron chi connectivity index (χ3n) is 6.63. The molecule has 0 aromatic carbocycles. The fraction of sp³-hybridized carbons (Fsp3) is 0.625. The summed E-state index contributed by atoms with van der Waals surface area (Å²) in [6, 6.07) is -3.74. The van der Waals surface area contributed by atoms with Gasteiger partial charge in [0.25, 0.3) is 18.2 Å². The molecule has 2 saturated heterocycles. The molecule has 2 aliphatic heterocycles. The van der Waals surface area contributed by atoms with Crippen LogP contribution in [-0.4, -0.2) is 93.6 Å². The second-order valence-corrected chi connectivity index (χ2v) is 9.99. The largest absolute Gasteiger partial charge is 0.408 e. The zero-order valence-corrected chi connectivity index (χ0v) is 22.3. The van der Waals surface area contributed by atoms with Crippen LogP contribution in [0.1, 0.15) is 51.2 Å². The van der Waals surface area contributed by atoms with E-state index in [2.05, 4.69) is 15.3 Å². The van der Waals surface area contributed by atoms with E-state index in [1.165, 1.54) is 11.8 Å². The lowest BCUT2D eigenvalue weighted by molar-refractivity contribution is -0.138. The highest BCUT2D eigenvalue weighted by molar-refractivity contribution is 7.81. The zero-order chi connectivity index (χ0) is 29.1. The summed E-state index contributed by atoms with van der Waals surface area (Å²) < 4.78 is 72.0. The standard InChI is InChI=1S/C24H30F5N5O4S/c1-11-5-4-6-34(11)23(37)19(31-12(2)22(36)33-16-9-38-10-17(16)35)20(39)15-8-30-18(7-14(15)21(25)26)32-13(3)24(27,28)29/h7-8,11,13,16-17,19,21,35H,4-6,9-10H2,1-3H3,(H,30,32)(H,33,36)/b31-12+/t11-,13-,16-,17+,19?/m0/s1. The summed E-state index contributed by atoms with van der Waals surface area (Å²) in [5, 5.41) is 14.5. The Balaban J connectivity index is 1.96. The number of carbonyl (C=O) groups excluding carboxylic acids is 2. The Kier molecular flexibility index (Phi) is 9.93. The molecule has 5 atom stereocenters. The number of nitrogens with zero attached hydrogens (tertiary/aromatic N) is 3. The van der Waals surface area contributed by atoms with Crippen molar-refractivity contribution >= 4 is 40.4 Å². The van der Waals surface area contributed by atoms with Gasteiger partial charge < -0.3 is 25.4 Å². The van der Waals surface area contributed by atoms with Gasteiger partial charge >= 0.3 is 6.18 Å². The van der Waals surface area contributed by atoms with Crippen LogP contribution in [0.15, 0.2) is 17.3 Å². The second kappa shape index (κ2) is 12.6. The fourth-order valence-corrected chi connectivity index (χ4v) is 4.56. The number of anilines is 1. The summed E-state index contributed by atoms with van der Waals surface area (Å²) in [6.07, 6.45) is -6.45. The van der Waals surface area contributed by atoms with Crippen LogP contribution in [-0.2, 0) is 14.3 Å². The van der Waals surface area contributed by atoms with E-state index in [9.17, 15) is 36.6 Å². The first kappa shape index (κ1) is 30.8. The molecule has 3 N–H and O–H groups in total. The molecule has 15 heteroatoms. The van der Waals surface area contributed by atoms with E-state index >= 15 is 0 Å². The monoisotopic (exact) mass is 579 g/mol. The average molecular weight is 580 g/mol. The second-order valence-electron chi connectivity index (χ2n) is 9.55. The van der Waals surface area contributed by atoms with Gasteiger partial charge in [-0.15, -0.1) is 0 Å². The molecule has 9 nitrogen and oxygen atoms in total. The number of aliphatic hydroxyl groups excluding tert-OH is 1. The predicted molar refractivity (Wildman–Crippen MR) is 136 cm³/mol. The van der Waals surface area contributed by atoms with Crippen molar-refractivity contribution in [3.05, 3.63) is 23.4 Å². The molecule has 3 rings (SSSR count). The molecule has 0 bridgehead atoms. The molecule has 0 spiro atoms. The molecular formula is C24H30F5N5O4S. The number of hydrogen-bond acceptors (Lipinski definition) is 8. The number of nitrogens with one attached hydrogen (secondary N) is 2. The Labute approximate surface area is 227 Å². The van der Waals surface area contributed by atoms with Gasteiger partial charge in [-0.05, 0) is 39.7 Å². The zero-order valence-electron chi connectivity index (χ0n) is 21.5. The number of halogens is 5. The normalized spacial score (nSPS) is 23.6. The molecule has 3 heterocycles. The molecule has 216 valence electrons. The fourth-order valence-electron chi connectivity index (χ4n) is 4.24. The van der Waals surface area contributed by atoms with Crippen molar-refractivity contribution in [1.29, 1.82) is 0 Å². The quantitative estimate of drug-likeness (QED) is 0.178. The van der Waals surface area contributed by atoms with Gasteiger partial charge in [-0.2, -0.15) is 13.2 Å². The van der Waals surface area contributed by atoms with E-state index in [0.29, 0.717) is 19.4 Å². The molecule has 0 saturated carbocycles. The summed E-state index contributed by atoms with van der Waals surface area (Å²) in [5.74, 6) is -1.77. The summed E-state index contributed by atoms with van der Waals surface area (Å²) in [7, 11) is 0. The third kappa shape index (κ3) is 7.45. The third-order valence-corrected chi connectivity index (χ3v) is 7.07. The molecule has 0 aliphatic carbocycles.